The lowest BCUT2D eigenvalue weighted by Gasteiger charge is -2.13. The fraction of sp³-hybridized carbons (Fsp3) is 0.231. The number of hydrogen-bond donors (Lipinski definition) is 2. The fourth-order valence-corrected chi connectivity index (χ4v) is 2.62. The van der Waals surface area contributed by atoms with Gasteiger partial charge in [-0.15, -0.1) is 11.3 Å². The number of phenols is 1. The van der Waals surface area contributed by atoms with Crippen molar-refractivity contribution in [1.29, 1.82) is 0 Å². The summed E-state index contributed by atoms with van der Waals surface area (Å²) in [5, 5.41) is 12.6. The van der Waals surface area contributed by atoms with Crippen molar-refractivity contribution in [2.75, 3.05) is 0 Å². The van der Waals surface area contributed by atoms with Crippen molar-refractivity contribution in [3.8, 4) is 5.75 Å². The Hall–Kier alpha value is -1.03. The van der Waals surface area contributed by atoms with Crippen molar-refractivity contribution in [2.24, 2.45) is 0 Å². The van der Waals surface area contributed by atoms with Gasteiger partial charge in [0.05, 0.1) is 4.34 Å². The van der Waals surface area contributed by atoms with E-state index in [9.17, 15) is 5.11 Å². The molecular weight excluding hydrogens is 254 g/mol. The Morgan fingerprint density at radius 3 is 2.53 bits per heavy atom. The van der Waals surface area contributed by atoms with Gasteiger partial charge in [-0.25, -0.2) is 0 Å². The smallest absolute Gasteiger partial charge is 0.115 e. The van der Waals surface area contributed by atoms with Crippen LogP contribution in [0.1, 0.15) is 23.4 Å². The Morgan fingerprint density at radius 2 is 1.94 bits per heavy atom. The maximum atomic E-state index is 9.22. The lowest BCUT2D eigenvalue weighted by Crippen LogP contribution is -2.17. The number of nitrogens with one attached hydrogen (secondary N) is 1. The van der Waals surface area contributed by atoms with Crippen LogP contribution < -0.4 is 5.32 Å². The number of hydrogen-bond acceptors (Lipinski definition) is 3. The molecule has 0 aliphatic heterocycles. The van der Waals surface area contributed by atoms with Gasteiger partial charge in [-0.2, -0.15) is 0 Å². The Bertz CT molecular complexity index is 480. The average molecular weight is 268 g/mol. The summed E-state index contributed by atoms with van der Waals surface area (Å²) in [6.45, 7) is 2.90. The van der Waals surface area contributed by atoms with Gasteiger partial charge in [-0.05, 0) is 36.8 Å². The summed E-state index contributed by atoms with van der Waals surface area (Å²) in [5.74, 6) is 0.297. The third-order valence-corrected chi connectivity index (χ3v) is 3.84. The first-order chi connectivity index (χ1) is 8.15. The standard InChI is InChI=1S/C13H14ClNOS/c1-9(10-2-4-11(16)5-3-10)15-8-12-6-7-13(14)17-12/h2-7,9,15-16H,8H2,1H3. The molecule has 0 spiro atoms. The van der Waals surface area contributed by atoms with Gasteiger partial charge >= 0.3 is 0 Å². The second kappa shape index (κ2) is 5.54. The normalized spacial score (nSPS) is 12.6. The number of phenolic OH excluding ortho intramolecular Hbond substituents is 1. The van der Waals surface area contributed by atoms with Gasteiger partial charge in [0.1, 0.15) is 5.75 Å². The van der Waals surface area contributed by atoms with Gasteiger partial charge in [-0.3, -0.25) is 0 Å². The lowest BCUT2D eigenvalue weighted by molar-refractivity contribution is 0.474. The van der Waals surface area contributed by atoms with Crippen LogP contribution in [0.5, 0.6) is 5.75 Å². The molecule has 90 valence electrons. The average Bonchev–Trinajstić information content (AvgIpc) is 2.73. The monoisotopic (exact) mass is 267 g/mol. The van der Waals surface area contributed by atoms with Crippen LogP contribution in [0.15, 0.2) is 36.4 Å². The molecule has 0 bridgehead atoms. The van der Waals surface area contributed by atoms with Crippen molar-refractivity contribution in [3.63, 3.8) is 0 Å². The van der Waals surface area contributed by atoms with E-state index < -0.39 is 0 Å². The second-order valence-electron chi connectivity index (χ2n) is 3.90. The van der Waals surface area contributed by atoms with E-state index in [0.717, 1.165) is 16.4 Å². The number of rotatable bonds is 4. The molecule has 1 unspecified atom stereocenters. The molecule has 0 radical (unpaired) electrons. The van der Waals surface area contributed by atoms with Gasteiger partial charge in [0.25, 0.3) is 0 Å². The van der Waals surface area contributed by atoms with Gasteiger partial charge < -0.3 is 10.4 Å². The van der Waals surface area contributed by atoms with Crippen LogP contribution in [0.4, 0.5) is 0 Å². The Morgan fingerprint density at radius 1 is 1.24 bits per heavy atom. The zero-order valence-electron chi connectivity index (χ0n) is 9.48. The molecule has 2 rings (SSSR count). The van der Waals surface area contributed by atoms with Crippen LogP contribution in [0, 0.1) is 0 Å². The van der Waals surface area contributed by atoms with Crippen molar-refractivity contribution >= 4 is 22.9 Å². The molecule has 2 N–H and O–H groups in total. The Kier molecular flexibility index (Phi) is 4.05. The van der Waals surface area contributed by atoms with Gasteiger partial charge in [0.2, 0.25) is 0 Å². The highest BCUT2D eigenvalue weighted by Gasteiger charge is 2.05. The zero-order valence-corrected chi connectivity index (χ0v) is 11.1. The van der Waals surface area contributed by atoms with Crippen molar-refractivity contribution < 1.29 is 5.11 Å². The molecule has 0 aliphatic rings. The molecule has 0 saturated carbocycles. The number of aromatic hydroxyl groups is 1. The molecule has 1 atom stereocenters. The highest BCUT2D eigenvalue weighted by Crippen LogP contribution is 2.22. The lowest BCUT2D eigenvalue weighted by atomic mass is 10.1. The van der Waals surface area contributed by atoms with Crippen molar-refractivity contribution in [1.82, 2.24) is 5.32 Å². The van der Waals surface area contributed by atoms with E-state index in [1.807, 2.05) is 24.3 Å². The molecule has 4 heteroatoms. The van der Waals surface area contributed by atoms with E-state index >= 15 is 0 Å². The molecule has 0 saturated heterocycles. The summed E-state index contributed by atoms with van der Waals surface area (Å²) in [5.41, 5.74) is 1.16. The second-order valence-corrected chi connectivity index (χ2v) is 5.70. The van der Waals surface area contributed by atoms with E-state index in [-0.39, 0.29) is 6.04 Å². The summed E-state index contributed by atoms with van der Waals surface area (Å²) >= 11 is 7.46. The third-order valence-electron chi connectivity index (χ3n) is 2.60. The maximum Gasteiger partial charge on any atom is 0.115 e. The minimum Gasteiger partial charge on any atom is -0.508 e. The van der Waals surface area contributed by atoms with Gasteiger partial charge in [0, 0.05) is 17.5 Å². The van der Waals surface area contributed by atoms with Crippen LogP contribution >= 0.6 is 22.9 Å². The molecular formula is C13H14ClNOS. The fourth-order valence-electron chi connectivity index (χ4n) is 1.58. The Balaban J connectivity index is 1.93. The predicted octanol–water partition coefficient (Wildman–Crippen LogP) is 3.96. The van der Waals surface area contributed by atoms with Crippen LogP contribution in [-0.2, 0) is 6.54 Å². The van der Waals surface area contributed by atoms with E-state index in [4.69, 9.17) is 11.6 Å². The number of benzene rings is 1. The molecule has 1 aromatic carbocycles. The van der Waals surface area contributed by atoms with Crippen LogP contribution in [0.3, 0.4) is 0 Å². The summed E-state index contributed by atoms with van der Waals surface area (Å²) in [4.78, 5) is 1.22. The van der Waals surface area contributed by atoms with E-state index in [1.54, 1.807) is 23.5 Å². The summed E-state index contributed by atoms with van der Waals surface area (Å²) < 4.78 is 0.819. The maximum absolute atomic E-state index is 9.22. The quantitative estimate of drug-likeness (QED) is 0.879. The number of thiophene rings is 1. The molecule has 0 aliphatic carbocycles. The van der Waals surface area contributed by atoms with E-state index in [2.05, 4.69) is 12.2 Å². The highest BCUT2D eigenvalue weighted by molar-refractivity contribution is 7.16. The number of halogens is 1. The SMILES string of the molecule is CC(NCc1ccc(Cl)s1)c1ccc(O)cc1. The third kappa shape index (κ3) is 3.46. The summed E-state index contributed by atoms with van der Waals surface area (Å²) in [6.07, 6.45) is 0. The first kappa shape index (κ1) is 12.4. The van der Waals surface area contributed by atoms with Crippen molar-refractivity contribution in [3.05, 3.63) is 51.2 Å². The molecule has 2 aromatic rings. The van der Waals surface area contributed by atoms with Crippen LogP contribution in [0.25, 0.3) is 0 Å². The van der Waals surface area contributed by atoms with Gasteiger partial charge in [-0.1, -0.05) is 23.7 Å². The van der Waals surface area contributed by atoms with Crippen LogP contribution in [0.2, 0.25) is 4.34 Å². The van der Waals surface area contributed by atoms with Crippen LogP contribution in [-0.4, -0.2) is 5.11 Å². The summed E-state index contributed by atoms with van der Waals surface area (Å²) in [6, 6.07) is 11.4. The molecule has 1 aromatic heterocycles. The molecule has 0 amide bonds. The van der Waals surface area contributed by atoms with Gasteiger partial charge in [0.15, 0.2) is 0 Å². The first-order valence-corrected chi connectivity index (χ1v) is 6.61. The zero-order chi connectivity index (χ0) is 12.3. The molecule has 0 fully saturated rings. The van der Waals surface area contributed by atoms with E-state index in [0.29, 0.717) is 5.75 Å². The minimum absolute atomic E-state index is 0.247. The van der Waals surface area contributed by atoms with Crippen molar-refractivity contribution in [2.45, 2.75) is 19.5 Å². The summed E-state index contributed by atoms with van der Waals surface area (Å²) in [7, 11) is 0. The minimum atomic E-state index is 0.247. The highest BCUT2D eigenvalue weighted by atomic mass is 35.5. The molecule has 2 nitrogen and oxygen atoms in total. The molecule has 17 heavy (non-hydrogen) atoms. The van der Waals surface area contributed by atoms with E-state index in [1.165, 1.54) is 4.88 Å². The Labute approximate surface area is 110 Å². The predicted molar refractivity (Wildman–Crippen MR) is 72.7 cm³/mol. The molecule has 1 heterocycles. The largest absolute Gasteiger partial charge is 0.508 e. The topological polar surface area (TPSA) is 32.3 Å². The first-order valence-electron chi connectivity index (χ1n) is 5.41.